The second kappa shape index (κ2) is 8.15. The number of aromatic nitrogens is 3. The SMILES string of the molecule is CCc1ccc(CN(C)C(=O)c2cn(Cc3ccc(Cl)cc3)nn2)cc1. The topological polar surface area (TPSA) is 51.0 Å². The van der Waals surface area contributed by atoms with Crippen molar-refractivity contribution in [1.29, 1.82) is 0 Å². The lowest BCUT2D eigenvalue weighted by Crippen LogP contribution is -2.26. The van der Waals surface area contributed by atoms with Crippen molar-refractivity contribution in [2.45, 2.75) is 26.4 Å². The van der Waals surface area contributed by atoms with Crippen LogP contribution in [0.4, 0.5) is 0 Å². The number of amides is 1. The monoisotopic (exact) mass is 368 g/mol. The zero-order valence-electron chi connectivity index (χ0n) is 14.9. The molecular formula is C20H21ClN4O. The van der Waals surface area contributed by atoms with E-state index in [1.165, 1.54) is 5.56 Å². The minimum absolute atomic E-state index is 0.146. The molecule has 0 aliphatic rings. The van der Waals surface area contributed by atoms with Crippen LogP contribution in [0.1, 0.15) is 34.1 Å². The lowest BCUT2D eigenvalue weighted by molar-refractivity contribution is 0.0779. The molecule has 3 rings (SSSR count). The zero-order chi connectivity index (χ0) is 18.5. The molecule has 0 bridgehead atoms. The van der Waals surface area contributed by atoms with Crippen molar-refractivity contribution in [3.05, 3.63) is 82.1 Å². The third-order valence-corrected chi connectivity index (χ3v) is 4.47. The Kier molecular flexibility index (Phi) is 5.68. The van der Waals surface area contributed by atoms with Gasteiger partial charge in [-0.05, 0) is 35.2 Å². The molecular weight excluding hydrogens is 348 g/mol. The number of hydrogen-bond donors (Lipinski definition) is 0. The minimum Gasteiger partial charge on any atom is -0.336 e. The van der Waals surface area contributed by atoms with Gasteiger partial charge in [-0.2, -0.15) is 0 Å². The average Bonchev–Trinajstić information content (AvgIpc) is 3.12. The molecule has 0 radical (unpaired) electrons. The Morgan fingerprint density at radius 3 is 2.31 bits per heavy atom. The molecule has 0 unspecified atom stereocenters. The van der Waals surface area contributed by atoms with Gasteiger partial charge in [-0.1, -0.05) is 60.1 Å². The number of rotatable bonds is 6. The molecule has 0 fully saturated rings. The molecule has 2 aromatic carbocycles. The smallest absolute Gasteiger partial charge is 0.276 e. The van der Waals surface area contributed by atoms with E-state index in [1.54, 1.807) is 22.8 Å². The van der Waals surface area contributed by atoms with Crippen LogP contribution in [0.15, 0.2) is 54.7 Å². The summed E-state index contributed by atoms with van der Waals surface area (Å²) < 4.78 is 1.65. The molecule has 0 aliphatic carbocycles. The summed E-state index contributed by atoms with van der Waals surface area (Å²) in [6.45, 7) is 3.20. The Bertz CT molecular complexity index is 872. The Morgan fingerprint density at radius 2 is 1.65 bits per heavy atom. The molecule has 0 N–H and O–H groups in total. The molecule has 0 saturated carbocycles. The van der Waals surface area contributed by atoms with Crippen LogP contribution in [0.3, 0.4) is 0 Å². The molecule has 3 aromatic rings. The number of carbonyl (C=O) groups is 1. The molecule has 0 atom stereocenters. The van der Waals surface area contributed by atoms with E-state index >= 15 is 0 Å². The maximum absolute atomic E-state index is 12.6. The molecule has 26 heavy (non-hydrogen) atoms. The van der Waals surface area contributed by atoms with Gasteiger partial charge in [0.15, 0.2) is 5.69 Å². The first kappa shape index (κ1) is 18.1. The fourth-order valence-electron chi connectivity index (χ4n) is 2.67. The molecule has 0 aliphatic heterocycles. The normalized spacial score (nSPS) is 10.7. The molecule has 6 heteroatoms. The summed E-state index contributed by atoms with van der Waals surface area (Å²) >= 11 is 5.89. The van der Waals surface area contributed by atoms with Gasteiger partial charge in [0, 0.05) is 18.6 Å². The van der Waals surface area contributed by atoms with Gasteiger partial charge in [0.05, 0.1) is 12.7 Å². The van der Waals surface area contributed by atoms with Gasteiger partial charge in [0.25, 0.3) is 5.91 Å². The third kappa shape index (κ3) is 4.49. The summed E-state index contributed by atoms with van der Waals surface area (Å²) in [5.41, 5.74) is 3.76. The molecule has 0 spiro atoms. The predicted molar refractivity (Wildman–Crippen MR) is 102 cm³/mol. The number of aryl methyl sites for hydroxylation is 1. The van der Waals surface area contributed by atoms with Crippen molar-refractivity contribution in [2.75, 3.05) is 7.05 Å². The van der Waals surface area contributed by atoms with Crippen molar-refractivity contribution in [2.24, 2.45) is 0 Å². The first-order chi connectivity index (χ1) is 12.5. The molecule has 5 nitrogen and oxygen atoms in total. The lowest BCUT2D eigenvalue weighted by atomic mass is 10.1. The van der Waals surface area contributed by atoms with Crippen molar-refractivity contribution in [1.82, 2.24) is 19.9 Å². The number of hydrogen-bond acceptors (Lipinski definition) is 3. The summed E-state index contributed by atoms with van der Waals surface area (Å²) in [6, 6.07) is 15.8. The van der Waals surface area contributed by atoms with Gasteiger partial charge in [0.2, 0.25) is 0 Å². The fourth-order valence-corrected chi connectivity index (χ4v) is 2.80. The van der Waals surface area contributed by atoms with E-state index in [-0.39, 0.29) is 5.91 Å². The number of halogens is 1. The van der Waals surface area contributed by atoms with Crippen LogP contribution in [-0.2, 0) is 19.5 Å². The standard InChI is InChI=1S/C20H21ClN4O/c1-3-15-4-6-16(7-5-15)12-24(2)20(26)19-14-25(23-22-19)13-17-8-10-18(21)11-9-17/h4-11,14H,3,12-13H2,1-2H3. The summed E-state index contributed by atoms with van der Waals surface area (Å²) in [5, 5.41) is 8.76. The largest absolute Gasteiger partial charge is 0.336 e. The first-order valence-corrected chi connectivity index (χ1v) is 8.91. The number of nitrogens with zero attached hydrogens (tertiary/aromatic N) is 4. The quantitative estimate of drug-likeness (QED) is 0.664. The first-order valence-electron chi connectivity index (χ1n) is 8.53. The van der Waals surface area contributed by atoms with E-state index < -0.39 is 0 Å². The van der Waals surface area contributed by atoms with Gasteiger partial charge >= 0.3 is 0 Å². The molecule has 134 valence electrons. The van der Waals surface area contributed by atoms with E-state index in [9.17, 15) is 4.79 Å². The van der Waals surface area contributed by atoms with Gasteiger partial charge in [0.1, 0.15) is 0 Å². The highest BCUT2D eigenvalue weighted by Gasteiger charge is 2.16. The fraction of sp³-hybridized carbons (Fsp3) is 0.250. The maximum atomic E-state index is 12.6. The van der Waals surface area contributed by atoms with Gasteiger partial charge in [-0.25, -0.2) is 4.68 Å². The second-order valence-electron chi connectivity index (χ2n) is 6.26. The summed E-state index contributed by atoms with van der Waals surface area (Å²) in [4.78, 5) is 14.2. The minimum atomic E-state index is -0.146. The van der Waals surface area contributed by atoms with E-state index in [1.807, 2.05) is 24.3 Å². The number of benzene rings is 2. The maximum Gasteiger partial charge on any atom is 0.276 e. The van der Waals surface area contributed by atoms with Gasteiger partial charge in [-0.3, -0.25) is 4.79 Å². The van der Waals surface area contributed by atoms with Crippen molar-refractivity contribution in [3.63, 3.8) is 0 Å². The molecule has 1 amide bonds. The van der Waals surface area contributed by atoms with Crippen LogP contribution >= 0.6 is 11.6 Å². The van der Waals surface area contributed by atoms with Crippen molar-refractivity contribution >= 4 is 17.5 Å². The summed E-state index contributed by atoms with van der Waals surface area (Å²) in [6.07, 6.45) is 2.68. The van der Waals surface area contributed by atoms with Gasteiger partial charge in [-0.15, -0.1) is 5.10 Å². The zero-order valence-corrected chi connectivity index (χ0v) is 15.6. The lowest BCUT2D eigenvalue weighted by Gasteiger charge is -2.15. The van der Waals surface area contributed by atoms with Crippen LogP contribution in [0.25, 0.3) is 0 Å². The predicted octanol–water partition coefficient (Wildman–Crippen LogP) is 3.81. The van der Waals surface area contributed by atoms with Crippen LogP contribution in [0.2, 0.25) is 5.02 Å². The summed E-state index contributed by atoms with van der Waals surface area (Å²) in [7, 11) is 1.77. The highest BCUT2D eigenvalue weighted by molar-refractivity contribution is 6.30. The van der Waals surface area contributed by atoms with E-state index in [4.69, 9.17) is 11.6 Å². The van der Waals surface area contributed by atoms with Crippen molar-refractivity contribution < 1.29 is 4.79 Å². The van der Waals surface area contributed by atoms with E-state index in [2.05, 4.69) is 41.5 Å². The van der Waals surface area contributed by atoms with E-state index in [0.717, 1.165) is 17.5 Å². The van der Waals surface area contributed by atoms with Crippen LogP contribution in [-0.4, -0.2) is 32.8 Å². The van der Waals surface area contributed by atoms with Crippen molar-refractivity contribution in [3.8, 4) is 0 Å². The Balaban J connectivity index is 1.63. The molecule has 1 aromatic heterocycles. The third-order valence-electron chi connectivity index (χ3n) is 4.21. The van der Waals surface area contributed by atoms with Crippen LogP contribution in [0, 0.1) is 0 Å². The molecule has 0 saturated heterocycles. The van der Waals surface area contributed by atoms with Crippen LogP contribution in [0.5, 0.6) is 0 Å². The molecule has 1 heterocycles. The highest BCUT2D eigenvalue weighted by atomic mass is 35.5. The van der Waals surface area contributed by atoms with Gasteiger partial charge < -0.3 is 4.90 Å². The Morgan fingerprint density at radius 1 is 1.04 bits per heavy atom. The van der Waals surface area contributed by atoms with E-state index in [0.29, 0.717) is 23.8 Å². The average molecular weight is 369 g/mol. The summed E-state index contributed by atoms with van der Waals surface area (Å²) in [5.74, 6) is -0.146. The second-order valence-corrected chi connectivity index (χ2v) is 6.70. The van der Waals surface area contributed by atoms with Crippen LogP contribution < -0.4 is 0 Å². The Labute approximate surface area is 158 Å². The number of carbonyl (C=O) groups excluding carboxylic acids is 1. The Hall–Kier alpha value is -2.66. The highest BCUT2D eigenvalue weighted by Crippen LogP contribution is 2.12.